The van der Waals surface area contributed by atoms with Gasteiger partial charge in [-0.05, 0) is 41.1 Å². The third-order valence-corrected chi connectivity index (χ3v) is 3.75. The molecule has 0 amide bonds. The Kier molecular flexibility index (Phi) is 4.09. The van der Waals surface area contributed by atoms with Gasteiger partial charge in [-0.2, -0.15) is 0 Å². The normalized spacial score (nSPS) is 11.6. The van der Waals surface area contributed by atoms with Crippen LogP contribution in [0, 0.1) is 3.57 Å². The highest BCUT2D eigenvalue weighted by molar-refractivity contribution is 14.1. The van der Waals surface area contributed by atoms with Crippen molar-refractivity contribution in [2.24, 2.45) is 0 Å². The summed E-state index contributed by atoms with van der Waals surface area (Å²) in [4.78, 5) is 0. The lowest BCUT2D eigenvalue weighted by Crippen LogP contribution is -2.12. The van der Waals surface area contributed by atoms with Gasteiger partial charge in [0.15, 0.2) is 0 Å². The molecule has 0 aliphatic heterocycles. The molecule has 3 heteroatoms. The third-order valence-electron chi connectivity index (χ3n) is 2.90. The molecule has 0 aliphatic carbocycles. The van der Waals surface area contributed by atoms with Gasteiger partial charge in [-0.1, -0.05) is 32.9 Å². The molecule has 1 N–H and O–H groups in total. The van der Waals surface area contributed by atoms with Gasteiger partial charge < -0.3 is 9.73 Å². The van der Waals surface area contributed by atoms with Crippen LogP contribution in [0.2, 0.25) is 0 Å². The Morgan fingerprint density at radius 3 is 2.76 bits per heavy atom. The Labute approximate surface area is 116 Å². The van der Waals surface area contributed by atoms with Crippen molar-refractivity contribution in [3.63, 3.8) is 0 Å². The van der Waals surface area contributed by atoms with Crippen molar-refractivity contribution in [3.8, 4) is 0 Å². The fourth-order valence-corrected chi connectivity index (χ4v) is 2.76. The van der Waals surface area contributed by atoms with Crippen molar-refractivity contribution < 1.29 is 4.42 Å². The van der Waals surface area contributed by atoms with Crippen LogP contribution in [0.1, 0.15) is 38.0 Å². The number of benzene rings is 1. The molecule has 0 spiro atoms. The van der Waals surface area contributed by atoms with Gasteiger partial charge in [0.25, 0.3) is 0 Å². The van der Waals surface area contributed by atoms with Gasteiger partial charge in [-0.3, -0.25) is 0 Å². The van der Waals surface area contributed by atoms with Crippen molar-refractivity contribution in [1.29, 1.82) is 0 Å². The minimum absolute atomic E-state index is 0.489. The van der Waals surface area contributed by atoms with Crippen molar-refractivity contribution in [1.82, 2.24) is 5.32 Å². The smallest absolute Gasteiger partial charge is 0.147 e. The molecular formula is C14H18INO. The minimum atomic E-state index is 0.489. The Hall–Kier alpha value is -0.550. The van der Waals surface area contributed by atoms with Gasteiger partial charge in [-0.25, -0.2) is 0 Å². The molecule has 0 radical (unpaired) electrons. The molecule has 92 valence electrons. The Morgan fingerprint density at radius 2 is 2.12 bits per heavy atom. The maximum Gasteiger partial charge on any atom is 0.147 e. The lowest BCUT2D eigenvalue weighted by atomic mass is 9.99. The average Bonchev–Trinajstić information content (AvgIpc) is 2.66. The summed E-state index contributed by atoms with van der Waals surface area (Å²) in [7, 11) is 0. The van der Waals surface area contributed by atoms with Crippen molar-refractivity contribution in [2.75, 3.05) is 6.54 Å². The van der Waals surface area contributed by atoms with Gasteiger partial charge in [0.05, 0.1) is 10.1 Å². The molecule has 0 saturated carbocycles. The van der Waals surface area contributed by atoms with Crippen LogP contribution in [0.3, 0.4) is 0 Å². The molecule has 1 aromatic carbocycles. The summed E-state index contributed by atoms with van der Waals surface area (Å²) in [6.45, 7) is 8.33. The van der Waals surface area contributed by atoms with E-state index in [9.17, 15) is 0 Å². The monoisotopic (exact) mass is 343 g/mol. The van der Waals surface area contributed by atoms with E-state index < -0.39 is 0 Å². The molecule has 0 atom stereocenters. The van der Waals surface area contributed by atoms with E-state index in [1.54, 1.807) is 0 Å². The van der Waals surface area contributed by atoms with E-state index in [-0.39, 0.29) is 0 Å². The summed E-state index contributed by atoms with van der Waals surface area (Å²) in [6.07, 6.45) is 0. The second kappa shape index (κ2) is 5.40. The van der Waals surface area contributed by atoms with Crippen LogP contribution in [-0.4, -0.2) is 6.54 Å². The quantitative estimate of drug-likeness (QED) is 0.839. The first-order chi connectivity index (χ1) is 8.15. The molecule has 1 heterocycles. The van der Waals surface area contributed by atoms with Gasteiger partial charge in [0, 0.05) is 10.9 Å². The molecule has 0 saturated heterocycles. The molecule has 2 nitrogen and oxygen atoms in total. The van der Waals surface area contributed by atoms with Gasteiger partial charge >= 0.3 is 0 Å². The molecule has 0 aliphatic rings. The second-order valence-corrected chi connectivity index (χ2v) is 5.65. The second-order valence-electron chi connectivity index (χ2n) is 4.49. The van der Waals surface area contributed by atoms with E-state index >= 15 is 0 Å². The number of nitrogens with one attached hydrogen (secondary N) is 1. The predicted octanol–water partition coefficient (Wildman–Crippen LogP) is 4.27. The molecule has 17 heavy (non-hydrogen) atoms. The molecule has 1 aromatic heterocycles. The minimum Gasteiger partial charge on any atom is -0.458 e. The summed E-state index contributed by atoms with van der Waals surface area (Å²) in [5.41, 5.74) is 2.38. The number of para-hydroxylation sites is 1. The predicted molar refractivity (Wildman–Crippen MR) is 80.4 cm³/mol. The topological polar surface area (TPSA) is 25.2 Å². The summed E-state index contributed by atoms with van der Waals surface area (Å²) < 4.78 is 7.21. The van der Waals surface area contributed by atoms with E-state index in [0.29, 0.717) is 5.92 Å². The van der Waals surface area contributed by atoms with E-state index in [4.69, 9.17) is 4.42 Å². The summed E-state index contributed by atoms with van der Waals surface area (Å²) in [5, 5.41) is 4.61. The highest BCUT2D eigenvalue weighted by Gasteiger charge is 2.17. The van der Waals surface area contributed by atoms with Gasteiger partial charge in [0.1, 0.15) is 11.3 Å². The highest BCUT2D eigenvalue weighted by Crippen LogP contribution is 2.34. The lowest BCUT2D eigenvalue weighted by Gasteiger charge is -2.06. The zero-order chi connectivity index (χ0) is 12.4. The zero-order valence-electron chi connectivity index (χ0n) is 10.5. The van der Waals surface area contributed by atoms with Gasteiger partial charge in [-0.15, -0.1) is 0 Å². The molecule has 0 bridgehead atoms. The number of rotatable bonds is 4. The number of halogens is 1. The largest absolute Gasteiger partial charge is 0.458 e. The van der Waals surface area contributed by atoms with Crippen LogP contribution in [0.15, 0.2) is 22.6 Å². The first kappa shape index (κ1) is 12.9. The summed E-state index contributed by atoms with van der Waals surface area (Å²) in [6, 6.07) is 6.35. The average molecular weight is 343 g/mol. The van der Waals surface area contributed by atoms with E-state index in [1.165, 1.54) is 14.5 Å². The SMILES string of the molecule is CCNCc1oc2c(I)cccc2c1C(C)C. The van der Waals surface area contributed by atoms with Crippen LogP contribution >= 0.6 is 22.6 Å². The van der Waals surface area contributed by atoms with Crippen LogP contribution in [0.25, 0.3) is 11.0 Å². The number of hydrogen-bond acceptors (Lipinski definition) is 2. The standard InChI is InChI=1S/C14H18INO/c1-4-16-8-12-13(9(2)3)10-6-5-7-11(15)14(10)17-12/h5-7,9,16H,4,8H2,1-3H3. The Morgan fingerprint density at radius 1 is 1.35 bits per heavy atom. The van der Waals surface area contributed by atoms with E-state index in [0.717, 1.165) is 24.4 Å². The lowest BCUT2D eigenvalue weighted by molar-refractivity contribution is 0.509. The summed E-state index contributed by atoms with van der Waals surface area (Å²) in [5.74, 6) is 1.57. The number of hydrogen-bond donors (Lipinski definition) is 1. The summed E-state index contributed by atoms with van der Waals surface area (Å²) >= 11 is 2.34. The fraction of sp³-hybridized carbons (Fsp3) is 0.429. The molecule has 2 aromatic rings. The maximum absolute atomic E-state index is 6.02. The van der Waals surface area contributed by atoms with Crippen molar-refractivity contribution >= 4 is 33.6 Å². The van der Waals surface area contributed by atoms with E-state index in [2.05, 4.69) is 66.9 Å². The number of furan rings is 1. The number of fused-ring (bicyclic) bond motifs is 1. The van der Waals surface area contributed by atoms with Crippen molar-refractivity contribution in [3.05, 3.63) is 33.1 Å². The van der Waals surface area contributed by atoms with Crippen LogP contribution in [0.4, 0.5) is 0 Å². The molecule has 2 rings (SSSR count). The van der Waals surface area contributed by atoms with Gasteiger partial charge in [0.2, 0.25) is 0 Å². The Bertz CT molecular complexity index is 516. The molecule has 0 fully saturated rings. The zero-order valence-corrected chi connectivity index (χ0v) is 12.7. The first-order valence-electron chi connectivity index (χ1n) is 6.05. The Balaban J connectivity index is 2.58. The fourth-order valence-electron chi connectivity index (χ4n) is 2.16. The first-order valence-corrected chi connectivity index (χ1v) is 7.13. The highest BCUT2D eigenvalue weighted by atomic mass is 127. The maximum atomic E-state index is 6.02. The van der Waals surface area contributed by atoms with Crippen molar-refractivity contribution in [2.45, 2.75) is 33.2 Å². The third kappa shape index (κ3) is 2.50. The van der Waals surface area contributed by atoms with Crippen LogP contribution in [0.5, 0.6) is 0 Å². The van der Waals surface area contributed by atoms with Crippen LogP contribution in [-0.2, 0) is 6.54 Å². The molecular weight excluding hydrogens is 325 g/mol. The van der Waals surface area contributed by atoms with E-state index in [1.807, 2.05) is 0 Å². The van der Waals surface area contributed by atoms with Crippen LogP contribution < -0.4 is 5.32 Å². The molecule has 0 unspecified atom stereocenters.